The largest absolute Gasteiger partial charge is 0.360 e. The molecule has 8 heteroatoms. The first-order valence-electron chi connectivity index (χ1n) is 6.93. The summed E-state index contributed by atoms with van der Waals surface area (Å²) in [5, 5.41) is 4.09. The van der Waals surface area contributed by atoms with Gasteiger partial charge in [0.05, 0.1) is 17.6 Å². The van der Waals surface area contributed by atoms with E-state index in [1.54, 1.807) is 24.4 Å². The lowest BCUT2D eigenvalue weighted by Crippen LogP contribution is -2.48. The second kappa shape index (κ2) is 6.37. The van der Waals surface area contributed by atoms with E-state index in [9.17, 15) is 8.42 Å². The molecule has 0 bridgehead atoms. The first-order valence-corrected chi connectivity index (χ1v) is 8.75. The average molecular weight is 342 g/mol. The fraction of sp³-hybridized carbons (Fsp3) is 0.357. The molecule has 118 valence electrons. The van der Waals surface area contributed by atoms with E-state index in [2.05, 4.69) is 10.1 Å². The molecule has 1 aliphatic heterocycles. The standard InChI is InChI=1S/C14H16ClN3O3S/c15-12-2-1-3-14(10-12)22(19,20)18-8-6-17(7-9-18)11-13-4-5-16-21-13/h1-5,10H,6-9,11H2. The molecule has 3 rings (SSSR count). The second-order valence-electron chi connectivity index (χ2n) is 5.12. The first-order chi connectivity index (χ1) is 10.6. The zero-order valence-corrected chi connectivity index (χ0v) is 13.4. The summed E-state index contributed by atoms with van der Waals surface area (Å²) in [5.41, 5.74) is 0. The van der Waals surface area contributed by atoms with Gasteiger partial charge in [-0.2, -0.15) is 4.31 Å². The lowest BCUT2D eigenvalue weighted by molar-refractivity contribution is 0.166. The van der Waals surface area contributed by atoms with Crippen molar-refractivity contribution in [3.8, 4) is 0 Å². The van der Waals surface area contributed by atoms with E-state index in [0.717, 1.165) is 5.76 Å². The van der Waals surface area contributed by atoms with Crippen molar-refractivity contribution >= 4 is 21.6 Å². The molecule has 0 spiro atoms. The van der Waals surface area contributed by atoms with E-state index in [4.69, 9.17) is 16.1 Å². The third-order valence-corrected chi connectivity index (χ3v) is 5.77. The Morgan fingerprint density at radius 2 is 1.95 bits per heavy atom. The Balaban J connectivity index is 1.65. The van der Waals surface area contributed by atoms with Gasteiger partial charge in [0.2, 0.25) is 10.0 Å². The number of halogens is 1. The van der Waals surface area contributed by atoms with Crippen LogP contribution in [-0.4, -0.2) is 49.0 Å². The summed E-state index contributed by atoms with van der Waals surface area (Å²) in [4.78, 5) is 2.38. The van der Waals surface area contributed by atoms with Gasteiger partial charge < -0.3 is 4.52 Å². The van der Waals surface area contributed by atoms with E-state index < -0.39 is 10.0 Å². The molecule has 1 aromatic heterocycles. The Bertz CT molecular complexity index is 726. The van der Waals surface area contributed by atoms with Crippen LogP contribution in [0.25, 0.3) is 0 Å². The van der Waals surface area contributed by atoms with Gasteiger partial charge in [-0.25, -0.2) is 8.42 Å². The van der Waals surface area contributed by atoms with Crippen molar-refractivity contribution in [3.05, 3.63) is 47.3 Å². The minimum absolute atomic E-state index is 0.240. The van der Waals surface area contributed by atoms with Gasteiger partial charge in [0.15, 0.2) is 5.76 Å². The van der Waals surface area contributed by atoms with Gasteiger partial charge in [-0.1, -0.05) is 22.8 Å². The highest BCUT2D eigenvalue weighted by Crippen LogP contribution is 2.21. The van der Waals surface area contributed by atoms with Crippen molar-refractivity contribution in [2.45, 2.75) is 11.4 Å². The van der Waals surface area contributed by atoms with Crippen LogP contribution in [-0.2, 0) is 16.6 Å². The Labute approximate surface area is 134 Å². The number of nitrogens with zero attached hydrogens (tertiary/aromatic N) is 3. The van der Waals surface area contributed by atoms with Crippen LogP contribution >= 0.6 is 11.6 Å². The van der Waals surface area contributed by atoms with Crippen LogP contribution in [0, 0.1) is 0 Å². The number of hydrogen-bond donors (Lipinski definition) is 0. The molecule has 0 unspecified atom stereocenters. The normalized spacial score (nSPS) is 17.7. The van der Waals surface area contributed by atoms with Crippen LogP contribution in [0.1, 0.15) is 5.76 Å². The fourth-order valence-corrected chi connectivity index (χ4v) is 4.17. The van der Waals surface area contributed by atoms with Crippen LogP contribution in [0.4, 0.5) is 0 Å². The Morgan fingerprint density at radius 3 is 2.59 bits per heavy atom. The first kappa shape index (κ1) is 15.5. The third kappa shape index (κ3) is 3.33. The molecular formula is C14H16ClN3O3S. The number of aromatic nitrogens is 1. The van der Waals surface area contributed by atoms with Gasteiger partial charge in [-0.15, -0.1) is 0 Å². The summed E-state index contributed by atoms with van der Waals surface area (Å²) in [5.74, 6) is 0.783. The highest BCUT2D eigenvalue weighted by molar-refractivity contribution is 7.89. The van der Waals surface area contributed by atoms with Gasteiger partial charge in [-0.05, 0) is 18.2 Å². The Morgan fingerprint density at radius 1 is 1.18 bits per heavy atom. The maximum Gasteiger partial charge on any atom is 0.243 e. The van der Waals surface area contributed by atoms with E-state index >= 15 is 0 Å². The predicted octanol–water partition coefficient (Wildman–Crippen LogP) is 1.83. The molecule has 1 saturated heterocycles. The van der Waals surface area contributed by atoms with Crippen molar-refractivity contribution in [3.63, 3.8) is 0 Å². The van der Waals surface area contributed by atoms with Crippen molar-refractivity contribution in [2.75, 3.05) is 26.2 Å². The summed E-state index contributed by atoms with van der Waals surface area (Å²) in [7, 11) is -3.48. The highest BCUT2D eigenvalue weighted by atomic mass is 35.5. The van der Waals surface area contributed by atoms with Crippen molar-refractivity contribution in [1.29, 1.82) is 0 Å². The molecule has 1 aromatic carbocycles. The van der Waals surface area contributed by atoms with Gasteiger partial charge in [-0.3, -0.25) is 4.90 Å². The fourth-order valence-electron chi connectivity index (χ4n) is 2.45. The maximum atomic E-state index is 12.6. The van der Waals surface area contributed by atoms with E-state index in [1.807, 2.05) is 6.07 Å². The molecule has 0 aliphatic carbocycles. The molecule has 0 N–H and O–H groups in total. The quantitative estimate of drug-likeness (QED) is 0.848. The molecular weight excluding hydrogens is 326 g/mol. The summed E-state index contributed by atoms with van der Waals surface area (Å²) < 4.78 is 31.7. The smallest absolute Gasteiger partial charge is 0.243 e. The zero-order chi connectivity index (χ0) is 15.6. The predicted molar refractivity (Wildman–Crippen MR) is 82.0 cm³/mol. The molecule has 0 saturated carbocycles. The second-order valence-corrected chi connectivity index (χ2v) is 7.49. The Kier molecular flexibility index (Phi) is 4.49. The Hall–Kier alpha value is -1.41. The van der Waals surface area contributed by atoms with Crippen molar-refractivity contribution < 1.29 is 12.9 Å². The van der Waals surface area contributed by atoms with Crippen molar-refractivity contribution in [2.24, 2.45) is 0 Å². The topological polar surface area (TPSA) is 66.7 Å². The lowest BCUT2D eigenvalue weighted by Gasteiger charge is -2.33. The van der Waals surface area contributed by atoms with Gasteiger partial charge in [0.25, 0.3) is 0 Å². The number of benzene rings is 1. The lowest BCUT2D eigenvalue weighted by atomic mass is 10.3. The molecule has 0 radical (unpaired) electrons. The minimum atomic E-state index is -3.48. The van der Waals surface area contributed by atoms with Crippen LogP contribution in [0.15, 0.2) is 45.9 Å². The van der Waals surface area contributed by atoms with E-state index in [1.165, 1.54) is 10.4 Å². The van der Waals surface area contributed by atoms with Crippen LogP contribution < -0.4 is 0 Å². The number of rotatable bonds is 4. The molecule has 22 heavy (non-hydrogen) atoms. The zero-order valence-electron chi connectivity index (χ0n) is 11.9. The molecule has 1 fully saturated rings. The molecule has 2 heterocycles. The van der Waals surface area contributed by atoms with Crippen molar-refractivity contribution in [1.82, 2.24) is 14.4 Å². The van der Waals surface area contributed by atoms with Gasteiger partial charge in [0, 0.05) is 37.3 Å². The molecule has 1 aliphatic rings. The van der Waals surface area contributed by atoms with Gasteiger partial charge in [0.1, 0.15) is 0 Å². The van der Waals surface area contributed by atoms with Gasteiger partial charge >= 0.3 is 0 Å². The number of sulfonamides is 1. The number of hydrogen-bond acceptors (Lipinski definition) is 5. The van der Waals surface area contributed by atoms with E-state index in [-0.39, 0.29) is 4.90 Å². The summed E-state index contributed by atoms with van der Waals surface area (Å²) in [6.07, 6.45) is 1.61. The highest BCUT2D eigenvalue weighted by Gasteiger charge is 2.28. The van der Waals surface area contributed by atoms with Crippen LogP contribution in [0.2, 0.25) is 5.02 Å². The molecule has 6 nitrogen and oxygen atoms in total. The monoisotopic (exact) mass is 341 g/mol. The van der Waals surface area contributed by atoms with Crippen LogP contribution in [0.3, 0.4) is 0 Å². The average Bonchev–Trinajstić information content (AvgIpc) is 3.01. The summed E-state index contributed by atoms with van der Waals surface area (Å²) in [6.45, 7) is 2.85. The summed E-state index contributed by atoms with van der Waals surface area (Å²) in [6, 6.07) is 8.18. The molecule has 0 atom stereocenters. The van der Waals surface area contributed by atoms with E-state index in [0.29, 0.717) is 37.7 Å². The minimum Gasteiger partial charge on any atom is -0.360 e. The molecule has 2 aromatic rings. The van der Waals surface area contributed by atoms with Crippen LogP contribution in [0.5, 0.6) is 0 Å². The maximum absolute atomic E-state index is 12.6. The summed E-state index contributed by atoms with van der Waals surface area (Å²) >= 11 is 5.88. The SMILES string of the molecule is O=S(=O)(c1cccc(Cl)c1)N1CCN(Cc2ccno2)CC1. The number of piperazine rings is 1. The third-order valence-electron chi connectivity index (χ3n) is 3.64. The molecule has 0 amide bonds.